The van der Waals surface area contributed by atoms with Crippen LogP contribution in [0.3, 0.4) is 0 Å². The van der Waals surface area contributed by atoms with E-state index in [-0.39, 0.29) is 23.4 Å². The van der Waals surface area contributed by atoms with Crippen LogP contribution in [0.5, 0.6) is 0 Å². The number of aromatic nitrogens is 2. The maximum absolute atomic E-state index is 13.0. The van der Waals surface area contributed by atoms with Crippen LogP contribution in [0.25, 0.3) is 10.9 Å². The Morgan fingerprint density at radius 3 is 2.76 bits per heavy atom. The molecule has 1 aromatic carbocycles. The van der Waals surface area contributed by atoms with Crippen molar-refractivity contribution in [3.05, 3.63) is 46.1 Å². The van der Waals surface area contributed by atoms with Crippen molar-refractivity contribution in [3.63, 3.8) is 0 Å². The minimum Gasteiger partial charge on any atom is -0.369 e. The monoisotopic (exact) mass is 373 g/mol. The number of nitrogens with one attached hydrogen (secondary N) is 1. The van der Waals surface area contributed by atoms with Crippen LogP contribution >= 0.6 is 23.1 Å². The predicted molar refractivity (Wildman–Crippen MR) is 102 cm³/mol. The van der Waals surface area contributed by atoms with Gasteiger partial charge in [-0.05, 0) is 26.8 Å². The van der Waals surface area contributed by atoms with E-state index >= 15 is 0 Å². The molecule has 0 bridgehead atoms. The lowest BCUT2D eigenvalue weighted by atomic mass is 10.1. The fourth-order valence-corrected chi connectivity index (χ4v) is 5.22. The number of nitrogens with zero attached hydrogens (tertiary/aromatic N) is 1. The van der Waals surface area contributed by atoms with Crippen LogP contribution in [0.2, 0.25) is 0 Å². The highest BCUT2D eigenvalue weighted by atomic mass is 32.2. The number of hydrogen-bond donors (Lipinski definition) is 2. The average Bonchev–Trinajstić information content (AvgIpc) is 3.05. The topological polar surface area (TPSA) is 88.8 Å². The molecule has 2 heterocycles. The third kappa shape index (κ3) is 3.62. The van der Waals surface area contributed by atoms with E-state index in [4.69, 9.17) is 5.73 Å². The molecule has 2 aromatic heterocycles. The second-order valence-electron chi connectivity index (χ2n) is 5.93. The lowest BCUT2D eigenvalue weighted by molar-refractivity contribution is -0.117. The minimum absolute atomic E-state index is 0.0734. The molecule has 7 heteroatoms. The smallest absolute Gasteiger partial charge is 0.222 e. The number of aryl methyl sites for hydroxylation is 2. The summed E-state index contributed by atoms with van der Waals surface area (Å²) in [6.45, 7) is 5.66. The summed E-state index contributed by atoms with van der Waals surface area (Å²) in [6, 6.07) is 7.81. The summed E-state index contributed by atoms with van der Waals surface area (Å²) in [5.74, 6) is -0.300. The Hall–Kier alpha value is -2.12. The molecule has 0 saturated carbocycles. The largest absolute Gasteiger partial charge is 0.369 e. The number of primary amides is 1. The van der Waals surface area contributed by atoms with Crippen LogP contribution in [0.15, 0.2) is 28.6 Å². The molecule has 1 amide bonds. The first-order chi connectivity index (χ1) is 11.9. The highest BCUT2D eigenvalue weighted by Gasteiger charge is 2.23. The molecule has 5 nitrogen and oxygen atoms in total. The average molecular weight is 374 g/mol. The van der Waals surface area contributed by atoms with E-state index in [2.05, 4.69) is 9.97 Å². The maximum Gasteiger partial charge on any atom is 0.222 e. The summed E-state index contributed by atoms with van der Waals surface area (Å²) >= 11 is 2.85. The first-order valence-electron chi connectivity index (χ1n) is 7.89. The Morgan fingerprint density at radius 2 is 2.04 bits per heavy atom. The van der Waals surface area contributed by atoms with Crippen molar-refractivity contribution in [2.45, 2.75) is 36.8 Å². The van der Waals surface area contributed by atoms with Crippen LogP contribution in [0.4, 0.5) is 0 Å². The molecule has 3 rings (SSSR count). The molecule has 0 spiro atoms. The SMILES string of the molecule is Cc1nc(S[C@H](C)C(=O)c2c(C)[nH]c3ccccc23)sc1CC(N)=O. The van der Waals surface area contributed by atoms with Crippen molar-refractivity contribution < 1.29 is 9.59 Å². The van der Waals surface area contributed by atoms with Crippen LogP contribution in [0.1, 0.15) is 33.5 Å². The number of benzene rings is 1. The van der Waals surface area contributed by atoms with E-state index < -0.39 is 0 Å². The summed E-state index contributed by atoms with van der Waals surface area (Å²) in [5, 5.41) is 0.673. The fraction of sp³-hybridized carbons (Fsp3) is 0.278. The van der Waals surface area contributed by atoms with Crippen LogP contribution < -0.4 is 5.73 Å². The molecule has 25 heavy (non-hydrogen) atoms. The highest BCUT2D eigenvalue weighted by Crippen LogP contribution is 2.33. The fourth-order valence-electron chi connectivity index (χ4n) is 2.78. The lowest BCUT2D eigenvalue weighted by Crippen LogP contribution is -2.14. The molecule has 0 unspecified atom stereocenters. The van der Waals surface area contributed by atoms with E-state index in [1.54, 1.807) is 0 Å². The first kappa shape index (κ1) is 17.7. The number of fused-ring (bicyclic) bond motifs is 1. The molecule has 0 aliphatic carbocycles. The van der Waals surface area contributed by atoms with Gasteiger partial charge in [-0.1, -0.05) is 30.0 Å². The number of carbonyl (C=O) groups excluding carboxylic acids is 2. The van der Waals surface area contributed by atoms with E-state index in [1.807, 2.05) is 45.0 Å². The number of Topliss-reactive ketones (excluding diaryl/α,β-unsaturated/α-hetero) is 1. The van der Waals surface area contributed by atoms with Crippen LogP contribution in [-0.2, 0) is 11.2 Å². The number of thioether (sulfide) groups is 1. The van der Waals surface area contributed by atoms with Gasteiger partial charge in [-0.25, -0.2) is 4.98 Å². The summed E-state index contributed by atoms with van der Waals surface area (Å²) < 4.78 is 0.784. The van der Waals surface area contributed by atoms with Crippen molar-refractivity contribution in [1.82, 2.24) is 9.97 Å². The number of hydrogen-bond acceptors (Lipinski definition) is 5. The van der Waals surface area contributed by atoms with Gasteiger partial charge in [0.15, 0.2) is 10.1 Å². The third-order valence-corrected chi connectivity index (χ3v) is 6.35. The molecule has 130 valence electrons. The van der Waals surface area contributed by atoms with Gasteiger partial charge in [-0.2, -0.15) is 0 Å². The number of para-hydroxylation sites is 1. The Bertz CT molecular complexity index is 959. The number of ketones is 1. The van der Waals surface area contributed by atoms with Gasteiger partial charge in [0.05, 0.1) is 17.4 Å². The summed E-state index contributed by atoms with van der Waals surface area (Å²) in [4.78, 5) is 32.7. The summed E-state index contributed by atoms with van der Waals surface area (Å²) in [7, 11) is 0. The molecule has 1 atom stereocenters. The zero-order valence-corrected chi connectivity index (χ0v) is 15.9. The summed E-state index contributed by atoms with van der Waals surface area (Å²) in [6.07, 6.45) is 0.188. The quantitative estimate of drug-likeness (QED) is 0.510. The van der Waals surface area contributed by atoms with Gasteiger partial charge in [0, 0.05) is 27.0 Å². The van der Waals surface area contributed by atoms with Gasteiger partial charge in [0.25, 0.3) is 0 Å². The zero-order valence-electron chi connectivity index (χ0n) is 14.3. The molecule has 0 saturated heterocycles. The molecule has 0 aliphatic heterocycles. The van der Waals surface area contributed by atoms with Crippen molar-refractivity contribution >= 4 is 45.7 Å². The molecule has 0 fully saturated rings. The maximum atomic E-state index is 13.0. The van der Waals surface area contributed by atoms with Gasteiger partial charge < -0.3 is 10.7 Å². The molecule has 0 aliphatic rings. The number of H-pyrrole nitrogens is 1. The lowest BCUT2D eigenvalue weighted by Gasteiger charge is -2.08. The van der Waals surface area contributed by atoms with Crippen molar-refractivity contribution in [1.29, 1.82) is 0 Å². The van der Waals surface area contributed by atoms with Gasteiger partial charge in [0.2, 0.25) is 5.91 Å². The third-order valence-electron chi connectivity index (χ3n) is 3.99. The Morgan fingerprint density at radius 1 is 1.32 bits per heavy atom. The molecule has 0 radical (unpaired) electrons. The van der Waals surface area contributed by atoms with E-state index in [1.165, 1.54) is 23.1 Å². The number of amides is 1. The van der Waals surface area contributed by atoms with E-state index in [9.17, 15) is 9.59 Å². The van der Waals surface area contributed by atoms with Gasteiger partial charge >= 0.3 is 0 Å². The normalized spacial score (nSPS) is 12.4. The number of nitrogens with two attached hydrogens (primary N) is 1. The second-order valence-corrected chi connectivity index (χ2v) is 8.60. The Kier molecular flexibility index (Phi) is 4.96. The number of carbonyl (C=O) groups is 2. The van der Waals surface area contributed by atoms with Crippen molar-refractivity contribution in [2.75, 3.05) is 0 Å². The number of aromatic amines is 1. The number of rotatable bonds is 6. The first-order valence-corrected chi connectivity index (χ1v) is 9.59. The van der Waals surface area contributed by atoms with Crippen LogP contribution in [0, 0.1) is 13.8 Å². The Balaban J connectivity index is 1.83. The minimum atomic E-state index is -0.373. The standard InChI is InChI=1S/C18H19N3O2S2/c1-9-14(8-15(19)22)25-18(21-9)24-11(3)17(23)16-10(2)20-13-7-5-4-6-12(13)16/h4-7,11,20H,8H2,1-3H3,(H2,19,22)/t11-/m1/s1. The molecule has 3 N–H and O–H groups in total. The molecular formula is C18H19N3O2S2. The van der Waals surface area contributed by atoms with Crippen LogP contribution in [-0.4, -0.2) is 26.9 Å². The molecule has 3 aromatic rings. The number of thiazole rings is 1. The summed E-state index contributed by atoms with van der Waals surface area (Å²) in [5.41, 5.74) is 8.64. The van der Waals surface area contributed by atoms with Crippen molar-refractivity contribution in [3.8, 4) is 0 Å². The van der Waals surface area contributed by atoms with E-state index in [0.717, 1.165) is 37.1 Å². The van der Waals surface area contributed by atoms with E-state index in [0.29, 0.717) is 0 Å². The van der Waals surface area contributed by atoms with Gasteiger partial charge in [-0.15, -0.1) is 11.3 Å². The van der Waals surface area contributed by atoms with Gasteiger partial charge in [0.1, 0.15) is 0 Å². The highest BCUT2D eigenvalue weighted by molar-refractivity contribution is 8.02. The second kappa shape index (κ2) is 7.01. The van der Waals surface area contributed by atoms with Crippen molar-refractivity contribution in [2.24, 2.45) is 5.73 Å². The zero-order chi connectivity index (χ0) is 18.1. The molecular weight excluding hydrogens is 354 g/mol. The van der Waals surface area contributed by atoms with Gasteiger partial charge in [-0.3, -0.25) is 9.59 Å². The Labute approximate surface area is 154 Å². The predicted octanol–water partition coefficient (Wildman–Crippen LogP) is 3.63.